The van der Waals surface area contributed by atoms with Crippen LogP contribution < -0.4 is 15.4 Å². The second-order valence-corrected chi connectivity index (χ2v) is 10.3. The summed E-state index contributed by atoms with van der Waals surface area (Å²) in [6.07, 6.45) is 11.4. The highest BCUT2D eigenvalue weighted by molar-refractivity contribution is 6.31. The molecule has 1 aromatic heterocycles. The van der Waals surface area contributed by atoms with E-state index in [-0.39, 0.29) is 17.0 Å². The van der Waals surface area contributed by atoms with Crippen LogP contribution in [0.1, 0.15) is 38.5 Å². The minimum absolute atomic E-state index is 0.00831. The van der Waals surface area contributed by atoms with Crippen LogP contribution in [-0.2, 0) is 9.53 Å². The Balaban J connectivity index is 1.39. The smallest absolute Gasteiger partial charge is 0.248 e. The van der Waals surface area contributed by atoms with E-state index in [0.717, 1.165) is 51.8 Å². The molecule has 1 aliphatic heterocycles. The molecule has 1 amide bonds. The van der Waals surface area contributed by atoms with Crippen molar-refractivity contribution >= 4 is 45.6 Å². The Hall–Kier alpha value is -3.27. The van der Waals surface area contributed by atoms with Crippen LogP contribution in [0.4, 0.5) is 21.6 Å². The highest BCUT2D eigenvalue weighted by Gasteiger charge is 2.19. The molecule has 2 fully saturated rings. The summed E-state index contributed by atoms with van der Waals surface area (Å²) in [5, 5.41) is 6.88. The lowest BCUT2D eigenvalue weighted by Crippen LogP contribution is -2.26. The molecule has 0 unspecified atom stereocenters. The molecule has 0 radical (unpaired) electrons. The Morgan fingerprint density at radius 1 is 1.13 bits per heavy atom. The SMILES string of the molecule is O=C(C=CCN1CCCOCC1)Nc1cc2c(Nc3ccc(F)c(Cl)c3)ncnc2cc1OC1CCCCC1. The van der Waals surface area contributed by atoms with Crippen molar-refractivity contribution < 1.29 is 18.7 Å². The fourth-order valence-electron chi connectivity index (χ4n) is 4.92. The van der Waals surface area contributed by atoms with Gasteiger partial charge in [0, 0.05) is 49.5 Å². The predicted octanol–water partition coefficient (Wildman–Crippen LogP) is 6.09. The van der Waals surface area contributed by atoms with E-state index in [1.165, 1.54) is 24.9 Å². The molecule has 1 saturated carbocycles. The molecule has 1 saturated heterocycles. The van der Waals surface area contributed by atoms with Gasteiger partial charge in [-0.1, -0.05) is 24.1 Å². The number of rotatable bonds is 8. The summed E-state index contributed by atoms with van der Waals surface area (Å²) < 4.78 is 25.6. The van der Waals surface area contributed by atoms with E-state index in [0.29, 0.717) is 47.0 Å². The summed E-state index contributed by atoms with van der Waals surface area (Å²) in [5.74, 6) is 0.337. The lowest BCUT2D eigenvalue weighted by Gasteiger charge is -2.24. The summed E-state index contributed by atoms with van der Waals surface area (Å²) in [4.78, 5) is 24.0. The van der Waals surface area contributed by atoms with Crippen molar-refractivity contribution in [2.45, 2.75) is 44.6 Å². The van der Waals surface area contributed by atoms with Crippen molar-refractivity contribution in [3.63, 3.8) is 0 Å². The third-order valence-corrected chi connectivity index (χ3v) is 7.26. The molecule has 2 aliphatic rings. The van der Waals surface area contributed by atoms with Gasteiger partial charge in [-0.25, -0.2) is 14.4 Å². The van der Waals surface area contributed by atoms with Gasteiger partial charge < -0.3 is 20.1 Å². The maximum atomic E-state index is 13.7. The van der Waals surface area contributed by atoms with Gasteiger partial charge in [-0.3, -0.25) is 9.69 Å². The number of hydrogen-bond acceptors (Lipinski definition) is 7. The molecule has 0 atom stereocenters. The molecule has 0 spiro atoms. The molecule has 10 heteroatoms. The average molecular weight is 554 g/mol. The van der Waals surface area contributed by atoms with Gasteiger partial charge in [-0.05, 0) is 56.4 Å². The molecule has 206 valence electrons. The third kappa shape index (κ3) is 7.44. The Bertz CT molecular complexity index is 1320. The number of fused-ring (bicyclic) bond motifs is 1. The molecule has 0 bridgehead atoms. The predicted molar refractivity (Wildman–Crippen MR) is 151 cm³/mol. The standard InChI is InChI=1S/C29H33ClFN5O3/c30-23-16-20(9-10-24(23)31)34-29-22-17-26(35-28(37)8-4-11-36-12-5-14-38-15-13-36)27(18-25(22)32-19-33-29)39-21-6-2-1-3-7-21/h4,8-10,16-19,21H,1-3,5-7,11-15H2,(H,35,37)(H,32,33,34). The highest BCUT2D eigenvalue weighted by atomic mass is 35.5. The molecule has 8 nitrogen and oxygen atoms in total. The zero-order valence-electron chi connectivity index (χ0n) is 21.8. The Labute approximate surface area is 232 Å². The molecular weight excluding hydrogens is 521 g/mol. The minimum Gasteiger partial charge on any atom is -0.488 e. The average Bonchev–Trinajstić information content (AvgIpc) is 3.21. The van der Waals surface area contributed by atoms with Crippen LogP contribution in [0.2, 0.25) is 5.02 Å². The fraction of sp³-hybridized carbons (Fsp3) is 0.414. The van der Waals surface area contributed by atoms with E-state index >= 15 is 0 Å². The number of carbonyl (C=O) groups is 1. The Morgan fingerprint density at radius 2 is 2.00 bits per heavy atom. The van der Waals surface area contributed by atoms with E-state index in [2.05, 4.69) is 25.5 Å². The molecule has 1 aliphatic carbocycles. The van der Waals surface area contributed by atoms with Crippen molar-refractivity contribution in [3.8, 4) is 5.75 Å². The molecule has 5 rings (SSSR count). The third-order valence-electron chi connectivity index (χ3n) is 6.97. The second kappa shape index (κ2) is 13.2. The van der Waals surface area contributed by atoms with Crippen molar-refractivity contribution in [2.75, 3.05) is 43.5 Å². The van der Waals surface area contributed by atoms with Gasteiger partial charge in [0.05, 0.1) is 28.9 Å². The van der Waals surface area contributed by atoms with E-state index in [1.54, 1.807) is 12.1 Å². The molecule has 39 heavy (non-hydrogen) atoms. The fourth-order valence-corrected chi connectivity index (χ4v) is 5.10. The highest BCUT2D eigenvalue weighted by Crippen LogP contribution is 2.36. The molecule has 2 aromatic carbocycles. The summed E-state index contributed by atoms with van der Waals surface area (Å²) in [6, 6.07) is 8.03. The number of halogens is 2. The van der Waals surface area contributed by atoms with E-state index < -0.39 is 5.82 Å². The first-order valence-corrected chi connectivity index (χ1v) is 13.9. The summed E-state index contributed by atoms with van der Waals surface area (Å²) in [7, 11) is 0. The first-order valence-electron chi connectivity index (χ1n) is 13.5. The quantitative estimate of drug-likeness (QED) is 0.326. The van der Waals surface area contributed by atoms with Crippen molar-refractivity contribution in [3.05, 3.63) is 59.7 Å². The first kappa shape index (κ1) is 27.3. The van der Waals surface area contributed by atoms with Crippen molar-refractivity contribution in [1.29, 1.82) is 0 Å². The first-order chi connectivity index (χ1) is 19.0. The lowest BCUT2D eigenvalue weighted by molar-refractivity contribution is -0.111. The second-order valence-electron chi connectivity index (χ2n) is 9.88. The zero-order chi connectivity index (χ0) is 27.0. The monoisotopic (exact) mass is 553 g/mol. The van der Waals surface area contributed by atoms with Gasteiger partial charge in [0.1, 0.15) is 23.7 Å². The lowest BCUT2D eigenvalue weighted by atomic mass is 9.98. The summed E-state index contributed by atoms with van der Waals surface area (Å²) in [6.45, 7) is 3.97. The zero-order valence-corrected chi connectivity index (χ0v) is 22.6. The topological polar surface area (TPSA) is 88.6 Å². The Morgan fingerprint density at radius 3 is 2.85 bits per heavy atom. The largest absolute Gasteiger partial charge is 0.488 e. The van der Waals surface area contributed by atoms with Crippen LogP contribution >= 0.6 is 11.6 Å². The number of aromatic nitrogens is 2. The normalized spacial score (nSPS) is 17.3. The maximum absolute atomic E-state index is 13.7. The maximum Gasteiger partial charge on any atom is 0.248 e. The molecular formula is C29H33ClFN5O3. The molecule has 3 aromatic rings. The Kier molecular flexibility index (Phi) is 9.23. The van der Waals surface area contributed by atoms with Crippen LogP contribution in [0, 0.1) is 5.82 Å². The van der Waals surface area contributed by atoms with E-state index in [1.807, 2.05) is 18.2 Å². The number of anilines is 3. The van der Waals surface area contributed by atoms with E-state index in [4.69, 9.17) is 21.1 Å². The van der Waals surface area contributed by atoms with Gasteiger partial charge in [0.25, 0.3) is 0 Å². The molecule has 2 N–H and O–H groups in total. The van der Waals surface area contributed by atoms with Crippen LogP contribution in [0.3, 0.4) is 0 Å². The van der Waals surface area contributed by atoms with Crippen molar-refractivity contribution in [1.82, 2.24) is 14.9 Å². The van der Waals surface area contributed by atoms with Crippen LogP contribution in [0.15, 0.2) is 48.8 Å². The van der Waals surface area contributed by atoms with Gasteiger partial charge >= 0.3 is 0 Å². The van der Waals surface area contributed by atoms with Gasteiger partial charge in [-0.15, -0.1) is 0 Å². The number of ether oxygens (including phenoxy) is 2. The van der Waals surface area contributed by atoms with Gasteiger partial charge in [0.15, 0.2) is 0 Å². The van der Waals surface area contributed by atoms with Crippen LogP contribution in [0.5, 0.6) is 5.75 Å². The van der Waals surface area contributed by atoms with Crippen LogP contribution in [-0.4, -0.2) is 59.7 Å². The van der Waals surface area contributed by atoms with Gasteiger partial charge in [0.2, 0.25) is 5.91 Å². The molecule has 2 heterocycles. The summed E-state index contributed by atoms with van der Waals surface area (Å²) in [5.41, 5.74) is 1.78. The number of benzene rings is 2. The van der Waals surface area contributed by atoms with Crippen LogP contribution in [0.25, 0.3) is 10.9 Å². The van der Waals surface area contributed by atoms with Crippen molar-refractivity contribution in [2.24, 2.45) is 0 Å². The van der Waals surface area contributed by atoms with E-state index in [9.17, 15) is 9.18 Å². The number of hydrogen-bond donors (Lipinski definition) is 2. The van der Waals surface area contributed by atoms with Gasteiger partial charge in [-0.2, -0.15) is 0 Å². The summed E-state index contributed by atoms with van der Waals surface area (Å²) >= 11 is 5.97. The number of nitrogens with one attached hydrogen (secondary N) is 2. The minimum atomic E-state index is -0.499. The number of carbonyl (C=O) groups excluding carboxylic acids is 1. The number of nitrogens with zero attached hydrogens (tertiary/aromatic N) is 3. The number of amides is 1.